The fraction of sp³-hybridized carbons (Fsp3) is 0.571. The first-order valence-electron chi connectivity index (χ1n) is 10.1. The van der Waals surface area contributed by atoms with Crippen molar-refractivity contribution >= 4 is 17.9 Å². The Bertz CT molecular complexity index is 688. The van der Waals surface area contributed by atoms with Crippen LogP contribution in [-0.2, 0) is 20.9 Å². The van der Waals surface area contributed by atoms with Crippen molar-refractivity contribution in [3.05, 3.63) is 35.9 Å². The highest BCUT2D eigenvalue weighted by Gasteiger charge is 2.38. The number of amides is 3. The maximum atomic E-state index is 12.8. The molecule has 0 unspecified atom stereocenters. The third-order valence-electron chi connectivity index (χ3n) is 5.72. The fourth-order valence-electron chi connectivity index (χ4n) is 4.20. The van der Waals surface area contributed by atoms with E-state index in [2.05, 4.69) is 5.32 Å². The zero-order valence-corrected chi connectivity index (χ0v) is 16.1. The molecule has 1 saturated carbocycles. The Morgan fingerprint density at radius 2 is 1.79 bits per heavy atom. The number of carbonyl (C=O) groups is 3. The van der Waals surface area contributed by atoms with Crippen LogP contribution in [0.15, 0.2) is 30.3 Å². The molecule has 0 aromatic heterocycles. The Kier molecular flexibility index (Phi) is 6.90. The molecule has 7 heteroatoms. The van der Waals surface area contributed by atoms with Crippen LogP contribution in [-0.4, -0.2) is 41.4 Å². The minimum Gasteiger partial charge on any atom is -0.445 e. The van der Waals surface area contributed by atoms with E-state index >= 15 is 0 Å². The van der Waals surface area contributed by atoms with Gasteiger partial charge in [-0.3, -0.25) is 14.5 Å². The quantitative estimate of drug-likeness (QED) is 0.782. The smallest absolute Gasteiger partial charge is 0.410 e. The van der Waals surface area contributed by atoms with Crippen molar-refractivity contribution in [2.24, 2.45) is 11.7 Å². The zero-order chi connectivity index (χ0) is 19.9. The minimum absolute atomic E-state index is 0.0788. The summed E-state index contributed by atoms with van der Waals surface area (Å²) in [6, 6.07) is 8.12. The molecular weight excluding hydrogens is 358 g/mol. The van der Waals surface area contributed by atoms with Gasteiger partial charge >= 0.3 is 6.09 Å². The van der Waals surface area contributed by atoms with Crippen LogP contribution in [0.5, 0.6) is 0 Å². The Balaban J connectivity index is 1.58. The van der Waals surface area contributed by atoms with Gasteiger partial charge in [0.1, 0.15) is 18.7 Å². The Labute approximate surface area is 165 Å². The third kappa shape index (κ3) is 5.03. The summed E-state index contributed by atoms with van der Waals surface area (Å²) in [6.07, 6.45) is 5.81. The number of nitrogens with zero attached hydrogens (tertiary/aromatic N) is 1. The zero-order valence-electron chi connectivity index (χ0n) is 16.1. The predicted octanol–water partition coefficient (Wildman–Crippen LogP) is 2.34. The lowest BCUT2D eigenvalue weighted by Gasteiger charge is -2.31. The van der Waals surface area contributed by atoms with Crippen LogP contribution in [0.2, 0.25) is 0 Å². The number of hydrogen-bond acceptors (Lipinski definition) is 4. The summed E-state index contributed by atoms with van der Waals surface area (Å²) in [7, 11) is 0. The van der Waals surface area contributed by atoms with Crippen LogP contribution in [0.3, 0.4) is 0 Å². The van der Waals surface area contributed by atoms with Crippen LogP contribution in [0.25, 0.3) is 0 Å². The molecule has 28 heavy (non-hydrogen) atoms. The molecule has 3 rings (SSSR count). The van der Waals surface area contributed by atoms with Gasteiger partial charge in [0, 0.05) is 6.54 Å². The first-order chi connectivity index (χ1) is 13.6. The molecule has 1 heterocycles. The maximum absolute atomic E-state index is 12.8. The highest BCUT2D eigenvalue weighted by molar-refractivity contribution is 5.91. The normalized spacial score (nSPS) is 21.1. The molecule has 1 aliphatic heterocycles. The minimum atomic E-state index is -0.671. The van der Waals surface area contributed by atoms with E-state index in [0.717, 1.165) is 44.1 Å². The van der Waals surface area contributed by atoms with Crippen LogP contribution < -0.4 is 11.1 Å². The average Bonchev–Trinajstić information content (AvgIpc) is 3.21. The van der Waals surface area contributed by atoms with Gasteiger partial charge in [-0.05, 0) is 37.2 Å². The van der Waals surface area contributed by atoms with Gasteiger partial charge in [-0.15, -0.1) is 0 Å². The number of nitrogens with one attached hydrogen (secondary N) is 1. The summed E-state index contributed by atoms with van der Waals surface area (Å²) in [4.78, 5) is 38.7. The molecule has 0 bridgehead atoms. The fourth-order valence-corrected chi connectivity index (χ4v) is 4.20. The van der Waals surface area contributed by atoms with E-state index in [-0.39, 0.29) is 18.4 Å². The van der Waals surface area contributed by atoms with Gasteiger partial charge in [-0.1, -0.05) is 49.6 Å². The van der Waals surface area contributed by atoms with E-state index in [0.29, 0.717) is 13.0 Å². The molecule has 2 aliphatic rings. The molecule has 7 nitrogen and oxygen atoms in total. The lowest BCUT2D eigenvalue weighted by Crippen LogP contribution is -2.55. The van der Waals surface area contributed by atoms with Gasteiger partial charge in [0.05, 0.1) is 0 Å². The van der Waals surface area contributed by atoms with Crippen molar-refractivity contribution in [2.75, 3.05) is 6.54 Å². The predicted molar refractivity (Wildman–Crippen MR) is 104 cm³/mol. The second-order valence-electron chi connectivity index (χ2n) is 7.68. The summed E-state index contributed by atoms with van der Waals surface area (Å²) in [5, 5.41) is 2.82. The van der Waals surface area contributed by atoms with Crippen LogP contribution in [0.1, 0.15) is 50.5 Å². The van der Waals surface area contributed by atoms with Crippen molar-refractivity contribution in [1.82, 2.24) is 10.2 Å². The highest BCUT2D eigenvalue weighted by atomic mass is 16.6. The van der Waals surface area contributed by atoms with E-state index < -0.39 is 24.1 Å². The van der Waals surface area contributed by atoms with Crippen LogP contribution >= 0.6 is 0 Å². The summed E-state index contributed by atoms with van der Waals surface area (Å²) in [5.41, 5.74) is 6.45. The molecule has 0 spiro atoms. The summed E-state index contributed by atoms with van der Waals surface area (Å²) in [5.74, 6) is -0.741. The number of hydrogen-bond donors (Lipinski definition) is 2. The van der Waals surface area contributed by atoms with Crippen molar-refractivity contribution in [3.8, 4) is 0 Å². The van der Waals surface area contributed by atoms with Gasteiger partial charge in [-0.25, -0.2) is 4.79 Å². The Morgan fingerprint density at radius 1 is 1.07 bits per heavy atom. The second-order valence-corrected chi connectivity index (χ2v) is 7.68. The van der Waals surface area contributed by atoms with E-state index in [1.54, 1.807) is 0 Å². The van der Waals surface area contributed by atoms with E-state index in [4.69, 9.17) is 10.5 Å². The summed E-state index contributed by atoms with van der Waals surface area (Å²) in [6.45, 7) is 0.632. The second kappa shape index (κ2) is 9.57. The van der Waals surface area contributed by atoms with E-state index in [1.165, 1.54) is 4.90 Å². The molecule has 3 N–H and O–H groups in total. The molecule has 1 saturated heterocycles. The van der Waals surface area contributed by atoms with Crippen LogP contribution in [0, 0.1) is 5.92 Å². The van der Waals surface area contributed by atoms with E-state index in [9.17, 15) is 14.4 Å². The SMILES string of the molecule is NC(=O)[C@@H](NC(=O)[C@H]1CCCN1C(=O)OCc1ccccc1)C1CCCCC1. The standard InChI is InChI=1S/C21H29N3O4/c22-19(25)18(16-10-5-2-6-11-16)23-20(26)17-12-7-13-24(17)21(27)28-14-15-8-3-1-4-9-15/h1,3-4,8-9,16-18H,2,5-7,10-14H2,(H2,22,25)(H,23,26)/t17-,18+/m1/s1. The molecule has 0 radical (unpaired) electrons. The molecule has 1 aliphatic carbocycles. The molecule has 1 aromatic rings. The number of rotatable bonds is 6. The van der Waals surface area contributed by atoms with Crippen molar-refractivity contribution < 1.29 is 19.1 Å². The molecule has 2 atom stereocenters. The number of nitrogens with two attached hydrogens (primary N) is 1. The largest absolute Gasteiger partial charge is 0.445 e. The first kappa shape index (κ1) is 20.2. The summed E-state index contributed by atoms with van der Waals surface area (Å²) < 4.78 is 5.38. The lowest BCUT2D eigenvalue weighted by atomic mass is 9.83. The maximum Gasteiger partial charge on any atom is 0.410 e. The molecular formula is C21H29N3O4. The van der Waals surface area contributed by atoms with Gasteiger partial charge in [0.2, 0.25) is 11.8 Å². The van der Waals surface area contributed by atoms with Crippen molar-refractivity contribution in [2.45, 2.75) is 63.6 Å². The third-order valence-corrected chi connectivity index (χ3v) is 5.72. The molecule has 152 valence electrons. The number of likely N-dealkylation sites (tertiary alicyclic amines) is 1. The van der Waals surface area contributed by atoms with E-state index in [1.807, 2.05) is 30.3 Å². The number of benzene rings is 1. The summed E-state index contributed by atoms with van der Waals surface area (Å²) >= 11 is 0. The van der Waals surface area contributed by atoms with Crippen LogP contribution in [0.4, 0.5) is 4.79 Å². The first-order valence-corrected chi connectivity index (χ1v) is 10.1. The van der Waals surface area contributed by atoms with Gasteiger partial charge < -0.3 is 15.8 Å². The monoisotopic (exact) mass is 387 g/mol. The Hall–Kier alpha value is -2.57. The lowest BCUT2D eigenvalue weighted by molar-refractivity contribution is -0.131. The number of ether oxygens (including phenoxy) is 1. The van der Waals surface area contributed by atoms with Crippen molar-refractivity contribution in [1.29, 1.82) is 0 Å². The Morgan fingerprint density at radius 3 is 2.46 bits per heavy atom. The topological polar surface area (TPSA) is 102 Å². The molecule has 3 amide bonds. The average molecular weight is 387 g/mol. The van der Waals surface area contributed by atoms with Gasteiger partial charge in [0.25, 0.3) is 0 Å². The van der Waals surface area contributed by atoms with Gasteiger partial charge in [-0.2, -0.15) is 0 Å². The molecule has 1 aromatic carbocycles. The van der Waals surface area contributed by atoms with Crippen molar-refractivity contribution in [3.63, 3.8) is 0 Å². The number of primary amides is 1. The number of carbonyl (C=O) groups excluding carboxylic acids is 3. The highest BCUT2D eigenvalue weighted by Crippen LogP contribution is 2.27. The van der Waals surface area contributed by atoms with Gasteiger partial charge in [0.15, 0.2) is 0 Å². The molecule has 2 fully saturated rings.